The van der Waals surface area contributed by atoms with Crippen LogP contribution in [0.15, 0.2) is 36.5 Å². The Balaban J connectivity index is 2.11. The summed E-state index contributed by atoms with van der Waals surface area (Å²) in [6.45, 7) is 12.7. The number of hydrogen-bond acceptors (Lipinski definition) is 5. The third-order valence-electron chi connectivity index (χ3n) is 4.18. The minimum Gasteiger partial charge on any atom is -0.372 e. The zero-order valence-electron chi connectivity index (χ0n) is 16.0. The molecule has 0 atom stereocenters. The first-order valence-electron chi connectivity index (χ1n) is 9.41. The molecule has 2 rings (SSSR count). The molecule has 1 N–H and O–H groups in total. The normalized spacial score (nSPS) is 10.6. The van der Waals surface area contributed by atoms with Gasteiger partial charge in [-0.1, -0.05) is 13.8 Å². The van der Waals surface area contributed by atoms with Crippen molar-refractivity contribution in [3.8, 4) is 0 Å². The van der Waals surface area contributed by atoms with Crippen molar-refractivity contribution in [3.05, 3.63) is 36.5 Å². The molecule has 0 aliphatic carbocycles. The number of nitrogens with one attached hydrogen (secondary N) is 1. The highest BCUT2D eigenvalue weighted by molar-refractivity contribution is 5.61. The molecule has 136 valence electrons. The summed E-state index contributed by atoms with van der Waals surface area (Å²) in [5.74, 6) is 1.63. The molecule has 1 aromatic carbocycles. The Morgan fingerprint density at radius 2 is 1.48 bits per heavy atom. The lowest BCUT2D eigenvalue weighted by Crippen LogP contribution is -2.27. The zero-order valence-corrected chi connectivity index (χ0v) is 16.0. The van der Waals surface area contributed by atoms with Crippen molar-refractivity contribution in [3.63, 3.8) is 0 Å². The molecule has 0 amide bonds. The number of rotatable bonds is 10. The fraction of sp³-hybridized carbons (Fsp3) is 0.500. The van der Waals surface area contributed by atoms with Crippen LogP contribution in [0.5, 0.6) is 0 Å². The standard InChI is InChI=1S/C20H31N5/c1-5-15-25(16-6-2)20-21-14-13-19(23-20)22-17-9-11-18(12-10-17)24(7-3)8-4/h9-14H,5-8,15-16H2,1-4H3,(H,21,22,23). The van der Waals surface area contributed by atoms with Crippen molar-refractivity contribution in [1.82, 2.24) is 9.97 Å². The van der Waals surface area contributed by atoms with Crippen LogP contribution in [0, 0.1) is 0 Å². The van der Waals surface area contributed by atoms with Crippen molar-refractivity contribution >= 4 is 23.1 Å². The highest BCUT2D eigenvalue weighted by atomic mass is 15.3. The largest absolute Gasteiger partial charge is 0.372 e. The molecule has 0 spiro atoms. The van der Waals surface area contributed by atoms with Gasteiger partial charge in [-0.25, -0.2) is 4.98 Å². The molecule has 1 aromatic heterocycles. The van der Waals surface area contributed by atoms with Gasteiger partial charge >= 0.3 is 0 Å². The molecule has 25 heavy (non-hydrogen) atoms. The Morgan fingerprint density at radius 1 is 0.840 bits per heavy atom. The average molecular weight is 342 g/mol. The number of aromatic nitrogens is 2. The molecule has 0 aliphatic heterocycles. The van der Waals surface area contributed by atoms with Crippen LogP contribution in [-0.2, 0) is 0 Å². The topological polar surface area (TPSA) is 44.3 Å². The second kappa shape index (κ2) is 9.87. The number of anilines is 4. The fourth-order valence-electron chi connectivity index (χ4n) is 2.91. The summed E-state index contributed by atoms with van der Waals surface area (Å²) < 4.78 is 0. The van der Waals surface area contributed by atoms with E-state index in [2.05, 4.69) is 77.0 Å². The Labute approximate surface area is 152 Å². The van der Waals surface area contributed by atoms with Gasteiger partial charge in [0.05, 0.1) is 0 Å². The van der Waals surface area contributed by atoms with Gasteiger partial charge in [0.25, 0.3) is 0 Å². The van der Waals surface area contributed by atoms with Crippen LogP contribution in [0.4, 0.5) is 23.1 Å². The van der Waals surface area contributed by atoms with Crippen molar-refractivity contribution in [1.29, 1.82) is 0 Å². The van der Waals surface area contributed by atoms with Crippen LogP contribution >= 0.6 is 0 Å². The van der Waals surface area contributed by atoms with Gasteiger partial charge in [-0.3, -0.25) is 0 Å². The predicted octanol–water partition coefficient (Wildman–Crippen LogP) is 4.69. The highest BCUT2D eigenvalue weighted by Gasteiger charge is 2.09. The molecule has 0 radical (unpaired) electrons. The van der Waals surface area contributed by atoms with Crippen LogP contribution in [0.3, 0.4) is 0 Å². The van der Waals surface area contributed by atoms with Gasteiger partial charge in [0.15, 0.2) is 0 Å². The van der Waals surface area contributed by atoms with E-state index in [-0.39, 0.29) is 0 Å². The van der Waals surface area contributed by atoms with Crippen LogP contribution in [-0.4, -0.2) is 36.1 Å². The zero-order chi connectivity index (χ0) is 18.1. The van der Waals surface area contributed by atoms with Gasteiger partial charge < -0.3 is 15.1 Å². The third-order valence-corrected chi connectivity index (χ3v) is 4.18. The molecular formula is C20H31N5. The number of benzene rings is 1. The Bertz CT molecular complexity index is 616. The molecule has 0 saturated heterocycles. The van der Waals surface area contributed by atoms with Gasteiger partial charge in [-0.2, -0.15) is 4.98 Å². The second-order valence-electron chi connectivity index (χ2n) is 6.07. The summed E-state index contributed by atoms with van der Waals surface area (Å²) in [7, 11) is 0. The molecule has 0 unspecified atom stereocenters. The molecule has 5 heteroatoms. The Hall–Kier alpha value is -2.30. The van der Waals surface area contributed by atoms with Crippen molar-refractivity contribution in [2.45, 2.75) is 40.5 Å². The first kappa shape index (κ1) is 19.0. The average Bonchev–Trinajstić information content (AvgIpc) is 2.64. The van der Waals surface area contributed by atoms with E-state index in [1.54, 1.807) is 0 Å². The third kappa shape index (κ3) is 5.34. The summed E-state index contributed by atoms with van der Waals surface area (Å²) in [5, 5.41) is 3.39. The summed E-state index contributed by atoms with van der Waals surface area (Å²) in [6.07, 6.45) is 4.01. The lowest BCUT2D eigenvalue weighted by Gasteiger charge is -2.22. The second-order valence-corrected chi connectivity index (χ2v) is 6.07. The first-order valence-corrected chi connectivity index (χ1v) is 9.41. The molecule has 2 aromatic rings. The first-order chi connectivity index (χ1) is 12.2. The molecule has 0 bridgehead atoms. The summed E-state index contributed by atoms with van der Waals surface area (Å²) >= 11 is 0. The maximum Gasteiger partial charge on any atom is 0.227 e. The fourth-order valence-corrected chi connectivity index (χ4v) is 2.91. The minimum absolute atomic E-state index is 0.800. The molecule has 0 fully saturated rings. The molecule has 0 aliphatic rings. The van der Waals surface area contributed by atoms with Gasteiger partial charge in [0.2, 0.25) is 5.95 Å². The predicted molar refractivity (Wildman–Crippen MR) is 108 cm³/mol. The maximum atomic E-state index is 4.69. The van der Waals surface area contributed by atoms with E-state index in [4.69, 9.17) is 0 Å². The van der Waals surface area contributed by atoms with Crippen molar-refractivity contribution in [2.24, 2.45) is 0 Å². The van der Waals surface area contributed by atoms with Crippen LogP contribution in [0.25, 0.3) is 0 Å². The molecular weight excluding hydrogens is 310 g/mol. The monoisotopic (exact) mass is 341 g/mol. The Kier molecular flexibility index (Phi) is 7.51. The van der Waals surface area contributed by atoms with Crippen LogP contribution in [0.2, 0.25) is 0 Å². The van der Waals surface area contributed by atoms with E-state index in [9.17, 15) is 0 Å². The van der Waals surface area contributed by atoms with E-state index in [0.717, 1.165) is 56.5 Å². The van der Waals surface area contributed by atoms with Gasteiger partial charge in [-0.15, -0.1) is 0 Å². The van der Waals surface area contributed by atoms with E-state index < -0.39 is 0 Å². The van der Waals surface area contributed by atoms with Gasteiger partial charge in [0.1, 0.15) is 5.82 Å². The van der Waals surface area contributed by atoms with Crippen molar-refractivity contribution < 1.29 is 0 Å². The van der Waals surface area contributed by atoms with Gasteiger partial charge in [0, 0.05) is 43.8 Å². The lowest BCUT2D eigenvalue weighted by atomic mass is 10.2. The summed E-state index contributed by atoms with van der Waals surface area (Å²) in [6, 6.07) is 10.4. The van der Waals surface area contributed by atoms with Crippen LogP contribution < -0.4 is 15.1 Å². The molecule has 5 nitrogen and oxygen atoms in total. The smallest absolute Gasteiger partial charge is 0.227 e. The number of hydrogen-bond donors (Lipinski definition) is 1. The highest BCUT2D eigenvalue weighted by Crippen LogP contribution is 2.21. The SMILES string of the molecule is CCCN(CCC)c1nccc(Nc2ccc(N(CC)CC)cc2)n1. The summed E-state index contributed by atoms with van der Waals surface area (Å²) in [4.78, 5) is 13.7. The summed E-state index contributed by atoms with van der Waals surface area (Å²) in [5.41, 5.74) is 2.29. The maximum absolute atomic E-state index is 4.69. The lowest BCUT2D eigenvalue weighted by molar-refractivity contribution is 0.722. The number of nitrogens with zero attached hydrogens (tertiary/aromatic N) is 4. The van der Waals surface area contributed by atoms with Crippen LogP contribution in [0.1, 0.15) is 40.5 Å². The molecule has 1 heterocycles. The molecule has 0 saturated carbocycles. The van der Waals surface area contributed by atoms with E-state index in [0.29, 0.717) is 0 Å². The van der Waals surface area contributed by atoms with Gasteiger partial charge in [-0.05, 0) is 57.0 Å². The van der Waals surface area contributed by atoms with E-state index in [1.165, 1.54) is 5.69 Å². The Morgan fingerprint density at radius 3 is 2.04 bits per heavy atom. The quantitative estimate of drug-likeness (QED) is 0.679. The van der Waals surface area contributed by atoms with Crippen molar-refractivity contribution in [2.75, 3.05) is 41.3 Å². The van der Waals surface area contributed by atoms with E-state index >= 15 is 0 Å². The van der Waals surface area contributed by atoms with E-state index in [1.807, 2.05) is 12.3 Å². The minimum atomic E-state index is 0.800.